The van der Waals surface area contributed by atoms with E-state index in [0.29, 0.717) is 30.5 Å². The maximum Gasteiger partial charge on any atom is 0.149 e. The van der Waals surface area contributed by atoms with Gasteiger partial charge in [-0.05, 0) is 62.3 Å². The van der Waals surface area contributed by atoms with Gasteiger partial charge >= 0.3 is 0 Å². The first-order valence-electron chi connectivity index (χ1n) is 7.13. The van der Waals surface area contributed by atoms with Crippen LogP contribution >= 0.6 is 0 Å². The fourth-order valence-corrected chi connectivity index (χ4v) is 2.59. The van der Waals surface area contributed by atoms with Gasteiger partial charge in [-0.1, -0.05) is 0 Å². The summed E-state index contributed by atoms with van der Waals surface area (Å²) < 4.78 is 28.4. The van der Waals surface area contributed by atoms with Crippen molar-refractivity contribution < 1.29 is 8.78 Å². The molecule has 0 atom stereocenters. The van der Waals surface area contributed by atoms with Gasteiger partial charge in [0.25, 0.3) is 0 Å². The van der Waals surface area contributed by atoms with Gasteiger partial charge in [0.1, 0.15) is 17.3 Å². The Morgan fingerprint density at radius 2 is 1.74 bits per heavy atom. The van der Waals surface area contributed by atoms with Crippen LogP contribution in [0, 0.1) is 17.6 Å². The Kier molecular flexibility index (Phi) is 3.44. The molecule has 3 rings (SSSR count). The van der Waals surface area contributed by atoms with E-state index in [0.717, 1.165) is 19.4 Å². The molecular formula is C15H20F2N2. The number of nitrogens with zero attached hydrogens (tertiary/aromatic N) is 1. The lowest BCUT2D eigenvalue weighted by molar-refractivity contribution is 0.560. The van der Waals surface area contributed by atoms with Gasteiger partial charge in [0.2, 0.25) is 0 Å². The molecule has 0 amide bonds. The number of benzene rings is 1. The van der Waals surface area contributed by atoms with Crippen LogP contribution in [-0.2, 0) is 6.42 Å². The number of halogens is 2. The largest absolute Gasteiger partial charge is 0.364 e. The number of rotatable bonds is 6. The number of hydrogen-bond acceptors (Lipinski definition) is 2. The summed E-state index contributed by atoms with van der Waals surface area (Å²) in [4.78, 5) is 1.95. The van der Waals surface area contributed by atoms with E-state index in [4.69, 9.17) is 5.73 Å². The molecule has 104 valence electrons. The fraction of sp³-hybridized carbons (Fsp3) is 0.600. The molecule has 0 unspecified atom stereocenters. The maximum absolute atomic E-state index is 14.2. The molecule has 0 aliphatic heterocycles. The van der Waals surface area contributed by atoms with Crippen molar-refractivity contribution in [2.24, 2.45) is 11.7 Å². The molecule has 0 bridgehead atoms. The minimum absolute atomic E-state index is 0.176. The molecule has 0 spiro atoms. The van der Waals surface area contributed by atoms with Crippen LogP contribution in [0.25, 0.3) is 0 Å². The summed E-state index contributed by atoms with van der Waals surface area (Å²) in [6.07, 6.45) is 5.00. The lowest BCUT2D eigenvalue weighted by Crippen LogP contribution is -2.30. The summed E-state index contributed by atoms with van der Waals surface area (Å²) >= 11 is 0. The Morgan fingerprint density at radius 3 is 2.21 bits per heavy atom. The molecule has 1 aromatic carbocycles. The van der Waals surface area contributed by atoms with Gasteiger partial charge in [-0.25, -0.2) is 8.78 Å². The van der Waals surface area contributed by atoms with Gasteiger partial charge in [-0.2, -0.15) is 0 Å². The van der Waals surface area contributed by atoms with Gasteiger partial charge in [-0.3, -0.25) is 0 Å². The highest BCUT2D eigenvalue weighted by Crippen LogP contribution is 2.39. The van der Waals surface area contributed by atoms with E-state index < -0.39 is 11.6 Å². The van der Waals surface area contributed by atoms with Crippen molar-refractivity contribution in [3.05, 3.63) is 29.3 Å². The van der Waals surface area contributed by atoms with Crippen molar-refractivity contribution >= 4 is 5.69 Å². The van der Waals surface area contributed by atoms with E-state index in [-0.39, 0.29) is 5.69 Å². The van der Waals surface area contributed by atoms with E-state index >= 15 is 0 Å². The van der Waals surface area contributed by atoms with E-state index in [2.05, 4.69) is 0 Å². The number of hydrogen-bond donors (Lipinski definition) is 1. The van der Waals surface area contributed by atoms with Crippen LogP contribution in [0.4, 0.5) is 14.5 Å². The topological polar surface area (TPSA) is 29.3 Å². The predicted molar refractivity (Wildman–Crippen MR) is 72.2 cm³/mol. The molecule has 19 heavy (non-hydrogen) atoms. The smallest absolute Gasteiger partial charge is 0.149 e. The summed E-state index contributed by atoms with van der Waals surface area (Å²) in [5, 5.41) is 0. The molecule has 0 aromatic heterocycles. The zero-order chi connectivity index (χ0) is 13.4. The van der Waals surface area contributed by atoms with Crippen molar-refractivity contribution in [2.45, 2.75) is 38.1 Å². The van der Waals surface area contributed by atoms with Gasteiger partial charge in [0.15, 0.2) is 0 Å². The van der Waals surface area contributed by atoms with Crippen LogP contribution in [0.1, 0.15) is 31.2 Å². The second-order valence-electron chi connectivity index (χ2n) is 5.77. The van der Waals surface area contributed by atoms with Gasteiger partial charge in [0, 0.05) is 12.6 Å². The Balaban J connectivity index is 1.88. The molecule has 2 aliphatic rings. The third kappa shape index (κ3) is 2.89. The first kappa shape index (κ1) is 12.9. The molecule has 2 aliphatic carbocycles. The Hall–Kier alpha value is -1.16. The molecule has 2 saturated carbocycles. The second-order valence-corrected chi connectivity index (χ2v) is 5.77. The molecule has 2 fully saturated rings. The van der Waals surface area contributed by atoms with E-state index in [1.807, 2.05) is 4.90 Å². The minimum Gasteiger partial charge on any atom is -0.364 e. The Bertz CT molecular complexity index is 444. The number of nitrogens with two attached hydrogens (primary N) is 1. The second kappa shape index (κ2) is 5.08. The van der Waals surface area contributed by atoms with Crippen molar-refractivity contribution in [3.8, 4) is 0 Å². The average Bonchev–Trinajstić information content (AvgIpc) is 3.22. The van der Waals surface area contributed by atoms with E-state index in [9.17, 15) is 8.78 Å². The molecule has 0 heterocycles. The van der Waals surface area contributed by atoms with Crippen LogP contribution in [0.3, 0.4) is 0 Å². The Morgan fingerprint density at radius 1 is 1.11 bits per heavy atom. The lowest BCUT2D eigenvalue weighted by Gasteiger charge is -2.26. The van der Waals surface area contributed by atoms with Crippen molar-refractivity contribution in [1.29, 1.82) is 0 Å². The summed E-state index contributed by atoms with van der Waals surface area (Å²) in [6.45, 7) is 1.21. The van der Waals surface area contributed by atoms with Crippen molar-refractivity contribution in [2.75, 3.05) is 18.0 Å². The first-order valence-corrected chi connectivity index (χ1v) is 7.13. The van der Waals surface area contributed by atoms with Gasteiger partial charge in [0.05, 0.1) is 0 Å². The molecule has 2 nitrogen and oxygen atoms in total. The lowest BCUT2D eigenvalue weighted by atomic mass is 10.1. The predicted octanol–water partition coefficient (Wildman–Crippen LogP) is 2.84. The quantitative estimate of drug-likeness (QED) is 0.858. The average molecular weight is 266 g/mol. The van der Waals surface area contributed by atoms with Crippen molar-refractivity contribution in [3.63, 3.8) is 0 Å². The van der Waals surface area contributed by atoms with Gasteiger partial charge in [-0.15, -0.1) is 0 Å². The molecule has 1 aromatic rings. The molecule has 4 heteroatoms. The zero-order valence-electron chi connectivity index (χ0n) is 11.0. The first-order chi connectivity index (χ1) is 9.19. The highest BCUT2D eigenvalue weighted by atomic mass is 19.1. The van der Waals surface area contributed by atoms with Crippen LogP contribution in [0.15, 0.2) is 12.1 Å². The van der Waals surface area contributed by atoms with Crippen LogP contribution in [0.2, 0.25) is 0 Å². The highest BCUT2D eigenvalue weighted by Gasteiger charge is 2.36. The zero-order valence-corrected chi connectivity index (χ0v) is 11.0. The SMILES string of the molecule is NCCc1cc(F)c(N(CC2CC2)C2CC2)c(F)c1. The van der Waals surface area contributed by atoms with Crippen molar-refractivity contribution in [1.82, 2.24) is 0 Å². The van der Waals surface area contributed by atoms with Gasteiger partial charge < -0.3 is 10.6 Å². The summed E-state index contributed by atoms with van der Waals surface area (Å²) in [6, 6.07) is 3.21. The third-order valence-electron chi connectivity index (χ3n) is 3.94. The summed E-state index contributed by atoms with van der Waals surface area (Å²) in [5.41, 5.74) is 6.25. The number of anilines is 1. The van der Waals surface area contributed by atoms with Crippen LogP contribution in [0.5, 0.6) is 0 Å². The molecule has 2 N–H and O–H groups in total. The molecule has 0 radical (unpaired) electrons. The monoisotopic (exact) mass is 266 g/mol. The molecular weight excluding hydrogens is 246 g/mol. The van der Waals surface area contributed by atoms with Crippen LogP contribution < -0.4 is 10.6 Å². The minimum atomic E-state index is -0.434. The fourth-order valence-electron chi connectivity index (χ4n) is 2.59. The third-order valence-corrected chi connectivity index (χ3v) is 3.94. The molecule has 0 saturated heterocycles. The summed E-state index contributed by atoms with van der Waals surface area (Å²) in [7, 11) is 0. The Labute approximate surface area is 112 Å². The maximum atomic E-state index is 14.2. The van der Waals surface area contributed by atoms with E-state index in [1.165, 1.54) is 25.0 Å². The highest BCUT2D eigenvalue weighted by molar-refractivity contribution is 5.53. The van der Waals surface area contributed by atoms with Crippen LogP contribution in [-0.4, -0.2) is 19.1 Å². The van der Waals surface area contributed by atoms with E-state index in [1.54, 1.807) is 0 Å². The standard InChI is InChI=1S/C15H20F2N2/c16-13-7-11(5-6-18)8-14(17)15(13)19(12-3-4-12)9-10-1-2-10/h7-8,10,12H,1-6,9,18H2. The summed E-state index contributed by atoms with van der Waals surface area (Å²) in [5.74, 6) is -0.241. The normalized spacial score (nSPS) is 18.7.